The molecule has 0 aliphatic heterocycles. The lowest BCUT2D eigenvalue weighted by molar-refractivity contribution is -0.458. The molecule has 0 aromatic carbocycles. The van der Waals surface area contributed by atoms with Crippen LogP contribution >= 0.6 is 0 Å². The van der Waals surface area contributed by atoms with Crippen LogP contribution in [0.3, 0.4) is 0 Å². The summed E-state index contributed by atoms with van der Waals surface area (Å²) in [5, 5.41) is -0.702. The number of hydrogen-bond acceptors (Lipinski definition) is 0. The maximum atomic E-state index is 14.0. The van der Waals surface area contributed by atoms with Crippen LogP contribution in [0.2, 0.25) is 0 Å². The van der Waals surface area contributed by atoms with Gasteiger partial charge in [-0.3, -0.25) is 0 Å². The van der Waals surface area contributed by atoms with Gasteiger partial charge in [0.2, 0.25) is 0 Å². The third kappa shape index (κ3) is 3.92. The number of hydrogen-bond donors (Lipinski definition) is 0. The van der Waals surface area contributed by atoms with Crippen molar-refractivity contribution < 1.29 is 74.6 Å². The molecule has 1 aliphatic carbocycles. The van der Waals surface area contributed by atoms with Gasteiger partial charge in [-0.25, -0.2) is 8.78 Å². The summed E-state index contributed by atoms with van der Waals surface area (Å²) in [6.45, 7) is 2.15. The summed E-state index contributed by atoms with van der Waals surface area (Å²) in [7, 11) is -4.12. The summed E-state index contributed by atoms with van der Waals surface area (Å²) < 4.78 is 225. The van der Waals surface area contributed by atoms with Crippen LogP contribution in [-0.2, 0) is 0 Å². The van der Waals surface area contributed by atoms with Gasteiger partial charge in [0, 0.05) is 5.41 Å². The third-order valence-electron chi connectivity index (χ3n) is 4.84. The molecule has 0 fully saturated rings. The monoisotopic (exact) mass is 542 g/mol. The molecule has 0 nitrogen and oxygen atoms in total. The first kappa shape index (κ1) is 29.5. The molecule has 0 aromatic heterocycles. The Morgan fingerprint density at radius 2 is 0.879 bits per heavy atom. The Morgan fingerprint density at radius 3 is 1.18 bits per heavy atom. The van der Waals surface area contributed by atoms with Crippen LogP contribution in [0.4, 0.5) is 74.6 Å². The summed E-state index contributed by atoms with van der Waals surface area (Å²) in [5.41, 5.74) is -7.76. The van der Waals surface area contributed by atoms with Gasteiger partial charge < -0.3 is 0 Å². The second kappa shape index (κ2) is 7.50. The third-order valence-corrected chi connectivity index (χ3v) is 7.25. The van der Waals surface area contributed by atoms with Crippen molar-refractivity contribution in [3.8, 4) is 0 Å². The van der Waals surface area contributed by atoms with Crippen molar-refractivity contribution >= 4 is 9.52 Å². The normalized spacial score (nSPS) is 19.5. The molecular weight excluding hydrogens is 531 g/mol. The van der Waals surface area contributed by atoms with Crippen LogP contribution in [-0.4, -0.2) is 56.8 Å². The Bertz CT molecular complexity index is 815. The van der Waals surface area contributed by atoms with Crippen molar-refractivity contribution in [3.63, 3.8) is 0 Å². The van der Waals surface area contributed by atoms with E-state index in [1.165, 1.54) is 0 Å². The fourth-order valence-electron chi connectivity index (χ4n) is 2.56. The summed E-state index contributed by atoms with van der Waals surface area (Å²) in [4.78, 5) is 0. The van der Waals surface area contributed by atoms with E-state index in [-0.39, 0.29) is 0 Å². The molecule has 0 amide bonds. The second-order valence-electron chi connectivity index (χ2n) is 7.60. The van der Waals surface area contributed by atoms with Gasteiger partial charge in [-0.15, -0.1) is 0 Å². The molecule has 0 N–H and O–H groups in total. The number of halogens is 17. The van der Waals surface area contributed by atoms with E-state index in [4.69, 9.17) is 0 Å². The predicted molar refractivity (Wildman–Crippen MR) is 80.2 cm³/mol. The standard InChI is InChI=1S/C15H11F17Si/c1-7(2)5-3-4-6(7)33-15(31,32)13(26,27)11(22,23)9(18,19)8(16,17)10(20,21)12(24,25)14(28,29)30/h3-5H,33H2,1-2H3. The zero-order valence-electron chi connectivity index (χ0n) is 15.9. The van der Waals surface area contributed by atoms with E-state index in [9.17, 15) is 74.6 Å². The number of rotatable bonds is 8. The zero-order chi connectivity index (χ0) is 26.9. The minimum absolute atomic E-state index is 0.694. The van der Waals surface area contributed by atoms with Gasteiger partial charge in [-0.1, -0.05) is 37.3 Å². The maximum Gasteiger partial charge on any atom is 0.460 e. The molecule has 0 aromatic rings. The van der Waals surface area contributed by atoms with Gasteiger partial charge in [0.25, 0.3) is 5.55 Å². The molecule has 0 bridgehead atoms. The molecule has 0 heterocycles. The van der Waals surface area contributed by atoms with E-state index in [0.717, 1.165) is 26.0 Å². The average molecular weight is 542 g/mol. The molecule has 0 saturated carbocycles. The lowest BCUT2D eigenvalue weighted by atomic mass is 9.91. The minimum Gasteiger partial charge on any atom is -0.205 e. The molecule has 18 heteroatoms. The highest BCUT2D eigenvalue weighted by Gasteiger charge is 2.95. The van der Waals surface area contributed by atoms with Crippen LogP contribution in [0.1, 0.15) is 13.8 Å². The highest BCUT2D eigenvalue weighted by atomic mass is 28.2. The van der Waals surface area contributed by atoms with E-state index < -0.39 is 67.4 Å². The molecule has 33 heavy (non-hydrogen) atoms. The van der Waals surface area contributed by atoms with Gasteiger partial charge >= 0.3 is 41.7 Å². The first-order valence-electron chi connectivity index (χ1n) is 8.16. The lowest BCUT2D eigenvalue weighted by Gasteiger charge is -2.43. The minimum atomic E-state index is -8.59. The fourth-order valence-corrected chi connectivity index (χ4v) is 4.31. The van der Waals surface area contributed by atoms with Crippen molar-refractivity contribution in [2.75, 3.05) is 0 Å². The summed E-state index contributed by atoms with van der Waals surface area (Å²) >= 11 is 0. The maximum absolute atomic E-state index is 14.0. The molecule has 0 spiro atoms. The summed E-state index contributed by atoms with van der Waals surface area (Å²) in [5.74, 6) is -49.5. The first-order chi connectivity index (χ1) is 14.1. The molecule has 0 radical (unpaired) electrons. The van der Waals surface area contributed by atoms with E-state index >= 15 is 0 Å². The van der Waals surface area contributed by atoms with Crippen molar-refractivity contribution in [2.45, 2.75) is 61.1 Å². The largest absolute Gasteiger partial charge is 0.460 e. The van der Waals surface area contributed by atoms with Gasteiger partial charge in [0.15, 0.2) is 0 Å². The van der Waals surface area contributed by atoms with Gasteiger partial charge in [0.1, 0.15) is 9.52 Å². The van der Waals surface area contributed by atoms with E-state index in [1.807, 2.05) is 0 Å². The van der Waals surface area contributed by atoms with Crippen LogP contribution in [0.15, 0.2) is 23.4 Å². The highest BCUT2D eigenvalue weighted by molar-refractivity contribution is 6.49. The molecular formula is C15H11F17Si. The molecule has 1 rings (SSSR count). The van der Waals surface area contributed by atoms with Crippen LogP contribution < -0.4 is 0 Å². The van der Waals surface area contributed by atoms with Crippen molar-refractivity contribution in [3.05, 3.63) is 23.4 Å². The second-order valence-corrected chi connectivity index (χ2v) is 9.60. The molecule has 1 aliphatic rings. The topological polar surface area (TPSA) is 0 Å². The molecule has 0 atom stereocenters. The highest BCUT2D eigenvalue weighted by Crippen LogP contribution is 2.64. The van der Waals surface area contributed by atoms with Crippen LogP contribution in [0.5, 0.6) is 0 Å². The Hall–Kier alpha value is -1.49. The van der Waals surface area contributed by atoms with Gasteiger partial charge in [-0.05, 0) is 0 Å². The summed E-state index contributed by atoms with van der Waals surface area (Å²) in [6, 6.07) is 0. The average Bonchev–Trinajstić information content (AvgIpc) is 2.90. The predicted octanol–water partition coefficient (Wildman–Crippen LogP) is 6.60. The molecule has 194 valence electrons. The molecule has 0 saturated heterocycles. The van der Waals surface area contributed by atoms with Crippen molar-refractivity contribution in [1.82, 2.24) is 0 Å². The lowest BCUT2D eigenvalue weighted by Crippen LogP contribution is -2.75. The quantitative estimate of drug-likeness (QED) is 0.240. The van der Waals surface area contributed by atoms with E-state index in [1.54, 1.807) is 0 Å². The number of allylic oxidation sites excluding steroid dienone is 4. The van der Waals surface area contributed by atoms with Crippen LogP contribution in [0, 0.1) is 5.41 Å². The number of alkyl halides is 17. The van der Waals surface area contributed by atoms with Gasteiger partial charge in [0.05, 0.1) is 0 Å². The summed E-state index contributed by atoms with van der Waals surface area (Å²) in [6.07, 6.45) is -5.02. The Kier molecular flexibility index (Phi) is 6.71. The van der Waals surface area contributed by atoms with Crippen LogP contribution in [0.25, 0.3) is 0 Å². The zero-order valence-corrected chi connectivity index (χ0v) is 17.3. The SMILES string of the molecule is CC1(C)C=CC=C1[SiH2]C(F)(F)C(F)(F)C(F)(F)C(F)(F)C(F)(F)C(F)(F)C(F)(F)C(F)(F)F. The first-order valence-corrected chi connectivity index (χ1v) is 9.58. The fraction of sp³-hybridized carbons (Fsp3) is 0.733. The van der Waals surface area contributed by atoms with Crippen molar-refractivity contribution in [2.24, 2.45) is 5.41 Å². The molecule has 0 unspecified atom stereocenters. The smallest absolute Gasteiger partial charge is 0.205 e. The van der Waals surface area contributed by atoms with E-state index in [2.05, 4.69) is 0 Å². The van der Waals surface area contributed by atoms with Crippen molar-refractivity contribution in [1.29, 1.82) is 0 Å². The Balaban J connectivity index is 3.57. The Labute approximate surface area is 175 Å². The van der Waals surface area contributed by atoms with Gasteiger partial charge in [-0.2, -0.15) is 65.9 Å². The Morgan fingerprint density at radius 1 is 0.545 bits per heavy atom. The van der Waals surface area contributed by atoms with E-state index in [0.29, 0.717) is 6.08 Å².